The van der Waals surface area contributed by atoms with Crippen LogP contribution < -0.4 is 14.5 Å². The number of anilines is 4. The summed E-state index contributed by atoms with van der Waals surface area (Å²) >= 11 is 0. The summed E-state index contributed by atoms with van der Waals surface area (Å²) in [5.41, 5.74) is 14.5. The summed E-state index contributed by atoms with van der Waals surface area (Å²) in [7, 11) is 0. The molecule has 0 saturated heterocycles. The van der Waals surface area contributed by atoms with Gasteiger partial charge in [-0.15, -0.1) is 48.1 Å². The first kappa shape index (κ1) is 44.8. The fourth-order valence-corrected chi connectivity index (χ4v) is 8.88. The number of fused-ring (bicyclic) bond motifs is 4. The molecule has 0 bridgehead atoms. The summed E-state index contributed by atoms with van der Waals surface area (Å²) in [6.07, 6.45) is 1.90. The van der Waals surface area contributed by atoms with Gasteiger partial charge in [0.2, 0.25) is 0 Å². The van der Waals surface area contributed by atoms with Crippen LogP contribution in [0.5, 0.6) is 11.5 Å². The fourth-order valence-electron chi connectivity index (χ4n) is 8.88. The molecule has 0 N–H and O–H groups in total. The second-order valence-corrected chi connectivity index (χ2v) is 20.3. The van der Waals surface area contributed by atoms with Crippen LogP contribution in [0.2, 0.25) is 0 Å². The predicted molar refractivity (Wildman–Crippen MR) is 271 cm³/mol. The topological polar surface area (TPSA) is 33.5 Å². The Balaban J connectivity index is 0.00000548. The van der Waals surface area contributed by atoms with Crippen molar-refractivity contribution in [3.63, 3.8) is 0 Å². The Kier molecular flexibility index (Phi) is 11.6. The van der Waals surface area contributed by atoms with Gasteiger partial charge < -0.3 is 19.1 Å². The van der Waals surface area contributed by atoms with Crippen molar-refractivity contribution in [2.75, 3.05) is 9.80 Å². The maximum atomic E-state index is 6.67. The Bertz CT molecular complexity index is 3240. The second-order valence-electron chi connectivity index (χ2n) is 20.3. The molecule has 0 amide bonds. The van der Waals surface area contributed by atoms with Gasteiger partial charge in [0.15, 0.2) is 0 Å². The molecule has 6 heteroatoms. The van der Waals surface area contributed by atoms with Crippen molar-refractivity contribution < 1.29 is 25.8 Å². The molecule has 1 aliphatic heterocycles. The summed E-state index contributed by atoms with van der Waals surface area (Å²) in [5.74, 6) is 2.05. The predicted octanol–water partition coefficient (Wildman–Crippen LogP) is 16.2. The van der Waals surface area contributed by atoms with E-state index in [0.29, 0.717) is 11.5 Å². The zero-order chi connectivity index (χ0) is 45.3. The number of rotatable bonds is 7. The third kappa shape index (κ3) is 8.46. The molecule has 66 heavy (non-hydrogen) atoms. The van der Waals surface area contributed by atoms with Crippen LogP contribution in [0.4, 0.5) is 22.7 Å². The van der Waals surface area contributed by atoms with Crippen LogP contribution in [0.25, 0.3) is 49.9 Å². The number of ether oxygens (including phenoxy) is 1. The van der Waals surface area contributed by atoms with E-state index in [1.807, 2.05) is 24.4 Å². The molecule has 7 aromatic carbocycles. The molecule has 0 atom stereocenters. The summed E-state index contributed by atoms with van der Waals surface area (Å²) < 4.78 is 8.87. The van der Waals surface area contributed by atoms with Crippen LogP contribution in [0.15, 0.2) is 164 Å². The number of aromatic nitrogens is 2. The van der Waals surface area contributed by atoms with Crippen LogP contribution in [-0.4, -0.2) is 9.55 Å². The van der Waals surface area contributed by atoms with Crippen LogP contribution in [0, 0.1) is 18.8 Å². The van der Waals surface area contributed by atoms with E-state index in [-0.39, 0.29) is 37.3 Å². The van der Waals surface area contributed by atoms with E-state index in [1.54, 1.807) is 0 Å². The van der Waals surface area contributed by atoms with E-state index in [4.69, 9.17) is 9.72 Å². The zero-order valence-corrected chi connectivity index (χ0v) is 41.5. The minimum absolute atomic E-state index is 0. The zero-order valence-electron chi connectivity index (χ0n) is 39.2. The van der Waals surface area contributed by atoms with Crippen LogP contribution in [0.1, 0.15) is 79.0 Å². The monoisotopic (exact) mass is 1040 g/mol. The van der Waals surface area contributed by atoms with Crippen molar-refractivity contribution in [2.45, 2.75) is 78.6 Å². The molecule has 2 aromatic heterocycles. The Morgan fingerprint density at radius 3 is 1.88 bits per heavy atom. The minimum Gasteiger partial charge on any atom is -0.509 e. The van der Waals surface area contributed by atoms with Crippen LogP contribution in [-0.2, 0) is 37.3 Å². The molecule has 10 rings (SSSR count). The maximum Gasteiger partial charge on any atom is 0.135 e. The number of pyridine rings is 1. The van der Waals surface area contributed by atoms with E-state index >= 15 is 0 Å². The number of para-hydroxylation sites is 3. The van der Waals surface area contributed by atoms with E-state index < -0.39 is 0 Å². The van der Waals surface area contributed by atoms with Crippen LogP contribution in [0.3, 0.4) is 0 Å². The van der Waals surface area contributed by atoms with Gasteiger partial charge in [0.1, 0.15) is 5.82 Å². The molecular weight excluding hydrogens is 988 g/mol. The Hall–Kier alpha value is -6.42. The van der Waals surface area contributed by atoms with Crippen molar-refractivity contribution in [1.29, 1.82) is 0 Å². The van der Waals surface area contributed by atoms with Crippen LogP contribution >= 0.6 is 0 Å². The van der Waals surface area contributed by atoms with Gasteiger partial charge in [-0.1, -0.05) is 153 Å². The number of nitrogens with zero attached hydrogens (tertiary/aromatic N) is 4. The summed E-state index contributed by atoms with van der Waals surface area (Å²) in [4.78, 5) is 9.42. The van der Waals surface area contributed by atoms with Gasteiger partial charge in [-0.2, -0.15) is 12.1 Å². The third-order valence-electron chi connectivity index (χ3n) is 12.6. The quantitative estimate of drug-likeness (QED) is 0.149. The number of hydrogen-bond donors (Lipinski definition) is 0. The van der Waals surface area contributed by atoms with Crippen molar-refractivity contribution in [1.82, 2.24) is 9.55 Å². The van der Waals surface area contributed by atoms with Crippen molar-refractivity contribution in [3.05, 3.63) is 199 Å². The number of hydrogen-bond acceptors (Lipinski definition) is 4. The second kappa shape index (κ2) is 17.1. The molecule has 0 spiro atoms. The SMILES string of the molecule is CC(C)(C)c1cc(-c2ccccc2)cc(-c2ccc(C(C)(C)C)cc2N2[CH-]N(c3[c-]c(Oc4[c-]c5c(cc4)c4ccccc4n5-c4cc(C(C)(C)C)ccn4)ccc3)c3ccccc32)c1.[Pt]. The first-order valence-corrected chi connectivity index (χ1v) is 22.6. The summed E-state index contributed by atoms with van der Waals surface area (Å²) in [6, 6.07) is 63.6. The van der Waals surface area contributed by atoms with E-state index in [0.717, 1.165) is 50.4 Å². The van der Waals surface area contributed by atoms with E-state index in [1.165, 1.54) is 38.9 Å². The average molecular weight is 1040 g/mol. The first-order chi connectivity index (χ1) is 31.1. The van der Waals surface area contributed by atoms with Gasteiger partial charge >= 0.3 is 0 Å². The standard InChI is InChI=1S/C60H55N4O.Pt/c1-58(2,3)43-26-28-49(42-32-41(40-18-11-10-12-19-40)33-45(34-42)60(7,8)9)55(35-43)63-39-62(53-24-15-16-25-54(53)63)46-20-17-21-47(37-46)65-48-27-29-51-50-22-13-14-23-52(50)64(56(51)38-48)57-36-44(30-31-61-57)59(4,5)6;/h10-36,39H,1-9H3;/q-3;. The molecule has 0 aliphatic carbocycles. The molecule has 334 valence electrons. The molecule has 0 saturated carbocycles. The molecule has 1 aliphatic rings. The fraction of sp³-hybridized carbons (Fsp3) is 0.200. The molecule has 3 heterocycles. The number of benzene rings is 7. The normalized spacial score (nSPS) is 13.0. The molecule has 0 fully saturated rings. The largest absolute Gasteiger partial charge is 0.509 e. The first-order valence-electron chi connectivity index (χ1n) is 22.6. The third-order valence-corrected chi connectivity index (χ3v) is 12.6. The maximum absolute atomic E-state index is 6.67. The minimum atomic E-state index is -0.0600. The Morgan fingerprint density at radius 2 is 1.14 bits per heavy atom. The molecule has 0 unspecified atom stereocenters. The van der Waals surface area contributed by atoms with Gasteiger partial charge in [-0.05, 0) is 97.5 Å². The van der Waals surface area contributed by atoms with Crippen molar-refractivity contribution in [3.8, 4) is 39.6 Å². The van der Waals surface area contributed by atoms with Crippen molar-refractivity contribution in [2.24, 2.45) is 0 Å². The van der Waals surface area contributed by atoms with E-state index in [9.17, 15) is 0 Å². The summed E-state index contributed by atoms with van der Waals surface area (Å²) in [6.45, 7) is 22.6. The average Bonchev–Trinajstić information content (AvgIpc) is 3.84. The van der Waals surface area contributed by atoms with Gasteiger partial charge in [-0.25, -0.2) is 4.98 Å². The molecular formula is C60H55N4OPt-3. The van der Waals surface area contributed by atoms with Gasteiger partial charge in [0.25, 0.3) is 0 Å². The van der Waals surface area contributed by atoms with E-state index in [2.05, 4.69) is 235 Å². The van der Waals surface area contributed by atoms with Gasteiger partial charge in [-0.3, -0.25) is 0 Å². The molecule has 9 aromatic rings. The van der Waals surface area contributed by atoms with Crippen molar-refractivity contribution >= 4 is 44.6 Å². The van der Waals surface area contributed by atoms with Gasteiger partial charge in [0.05, 0.1) is 0 Å². The Morgan fingerprint density at radius 1 is 0.485 bits per heavy atom. The van der Waals surface area contributed by atoms with Gasteiger partial charge in [0, 0.05) is 66.9 Å². The summed E-state index contributed by atoms with van der Waals surface area (Å²) in [5, 5.41) is 2.23. The molecule has 5 nitrogen and oxygen atoms in total. The Labute approximate surface area is 405 Å². The smallest absolute Gasteiger partial charge is 0.135 e. The molecule has 0 radical (unpaired) electrons.